The number of rotatable bonds is 7. The standard InChI is InChI=1S/C24H21N3O3/c1-17-26-27-24(29-17)20(18-10-4-2-5-11-18)16-23(28)25-21-14-8-9-15-22(21)30-19-12-6-3-7-13-19/h2-15,20H,16H2,1H3,(H,25,28). The van der Waals surface area contributed by atoms with E-state index in [9.17, 15) is 4.79 Å². The van der Waals surface area contributed by atoms with E-state index in [-0.39, 0.29) is 18.2 Å². The lowest BCUT2D eigenvalue weighted by molar-refractivity contribution is -0.116. The second kappa shape index (κ2) is 9.05. The van der Waals surface area contributed by atoms with Gasteiger partial charge in [0.25, 0.3) is 0 Å². The summed E-state index contributed by atoms with van der Waals surface area (Å²) in [6.45, 7) is 1.73. The smallest absolute Gasteiger partial charge is 0.225 e. The molecule has 4 aromatic rings. The molecule has 150 valence electrons. The van der Waals surface area contributed by atoms with Crippen molar-refractivity contribution in [2.75, 3.05) is 5.32 Å². The molecule has 0 aliphatic rings. The van der Waals surface area contributed by atoms with Gasteiger partial charge in [0.2, 0.25) is 17.7 Å². The quantitative estimate of drug-likeness (QED) is 0.454. The van der Waals surface area contributed by atoms with Crippen molar-refractivity contribution in [3.63, 3.8) is 0 Å². The number of anilines is 1. The van der Waals surface area contributed by atoms with Crippen molar-refractivity contribution in [2.24, 2.45) is 0 Å². The Morgan fingerprint density at radius 2 is 1.60 bits per heavy atom. The Bertz CT molecular complexity index is 1110. The molecule has 0 aliphatic heterocycles. The number of hydrogen-bond acceptors (Lipinski definition) is 5. The second-order valence-corrected chi connectivity index (χ2v) is 6.79. The van der Waals surface area contributed by atoms with Crippen molar-refractivity contribution in [3.05, 3.63) is 102 Å². The van der Waals surface area contributed by atoms with E-state index in [4.69, 9.17) is 9.15 Å². The molecule has 4 rings (SSSR count). The van der Waals surface area contributed by atoms with Gasteiger partial charge in [0.05, 0.1) is 11.6 Å². The predicted molar refractivity (Wildman–Crippen MR) is 114 cm³/mol. The van der Waals surface area contributed by atoms with Crippen LogP contribution in [0.15, 0.2) is 89.3 Å². The summed E-state index contributed by atoms with van der Waals surface area (Å²) < 4.78 is 11.6. The Labute approximate surface area is 174 Å². The molecule has 0 spiro atoms. The van der Waals surface area contributed by atoms with Crippen LogP contribution in [0.1, 0.15) is 29.7 Å². The van der Waals surface area contributed by atoms with Crippen molar-refractivity contribution >= 4 is 11.6 Å². The number of benzene rings is 3. The number of aromatic nitrogens is 2. The molecule has 3 aromatic carbocycles. The van der Waals surface area contributed by atoms with Gasteiger partial charge in [0.1, 0.15) is 5.75 Å². The van der Waals surface area contributed by atoms with Gasteiger partial charge in [-0.05, 0) is 29.8 Å². The van der Waals surface area contributed by atoms with Crippen molar-refractivity contribution < 1.29 is 13.9 Å². The number of para-hydroxylation sites is 3. The molecule has 0 aliphatic carbocycles. The molecule has 0 fully saturated rings. The molecule has 6 heteroatoms. The SMILES string of the molecule is Cc1nnc(C(CC(=O)Nc2ccccc2Oc2ccccc2)c2ccccc2)o1. The first-order valence-electron chi connectivity index (χ1n) is 9.66. The lowest BCUT2D eigenvalue weighted by atomic mass is 9.95. The first-order valence-corrected chi connectivity index (χ1v) is 9.66. The molecule has 1 unspecified atom stereocenters. The third-order valence-corrected chi connectivity index (χ3v) is 4.56. The number of hydrogen-bond donors (Lipinski definition) is 1. The number of nitrogens with zero attached hydrogens (tertiary/aromatic N) is 2. The largest absolute Gasteiger partial charge is 0.455 e. The van der Waals surface area contributed by atoms with Crippen LogP contribution >= 0.6 is 0 Å². The Kier molecular flexibility index (Phi) is 5.85. The number of aryl methyl sites for hydroxylation is 1. The first kappa shape index (κ1) is 19.4. The molecular weight excluding hydrogens is 378 g/mol. The zero-order valence-corrected chi connectivity index (χ0v) is 16.5. The van der Waals surface area contributed by atoms with E-state index in [2.05, 4.69) is 15.5 Å². The highest BCUT2D eigenvalue weighted by Crippen LogP contribution is 2.31. The van der Waals surface area contributed by atoms with E-state index in [0.717, 1.165) is 5.56 Å². The average molecular weight is 399 g/mol. The molecule has 1 amide bonds. The minimum absolute atomic E-state index is 0.158. The molecule has 0 saturated heterocycles. The highest BCUT2D eigenvalue weighted by Gasteiger charge is 2.24. The van der Waals surface area contributed by atoms with E-state index < -0.39 is 0 Å². The van der Waals surface area contributed by atoms with Gasteiger partial charge in [-0.3, -0.25) is 4.79 Å². The number of carbonyl (C=O) groups excluding carboxylic acids is 1. The van der Waals surface area contributed by atoms with Gasteiger partial charge in [-0.15, -0.1) is 10.2 Å². The van der Waals surface area contributed by atoms with Crippen molar-refractivity contribution in [1.29, 1.82) is 0 Å². The van der Waals surface area contributed by atoms with Crippen LogP contribution in [-0.4, -0.2) is 16.1 Å². The van der Waals surface area contributed by atoms with E-state index in [1.807, 2.05) is 84.9 Å². The average Bonchev–Trinajstić information content (AvgIpc) is 3.21. The van der Waals surface area contributed by atoms with Crippen LogP contribution < -0.4 is 10.1 Å². The summed E-state index contributed by atoms with van der Waals surface area (Å²) in [5.41, 5.74) is 1.53. The van der Waals surface area contributed by atoms with Crippen LogP contribution in [0.3, 0.4) is 0 Å². The summed E-state index contributed by atoms with van der Waals surface area (Å²) in [5, 5.41) is 11.0. The van der Waals surface area contributed by atoms with E-state index in [1.165, 1.54) is 0 Å². The summed E-state index contributed by atoms with van der Waals surface area (Å²) in [7, 11) is 0. The van der Waals surface area contributed by atoms with Crippen LogP contribution in [0.5, 0.6) is 11.5 Å². The Hall–Kier alpha value is -3.93. The molecule has 1 atom stereocenters. The highest BCUT2D eigenvalue weighted by molar-refractivity contribution is 5.93. The Morgan fingerprint density at radius 3 is 2.30 bits per heavy atom. The van der Waals surface area contributed by atoms with Crippen LogP contribution in [0.4, 0.5) is 5.69 Å². The fraction of sp³-hybridized carbons (Fsp3) is 0.125. The maximum atomic E-state index is 12.9. The fourth-order valence-corrected chi connectivity index (χ4v) is 3.15. The van der Waals surface area contributed by atoms with E-state index in [1.54, 1.807) is 6.92 Å². The van der Waals surface area contributed by atoms with Gasteiger partial charge in [0.15, 0.2) is 5.75 Å². The highest BCUT2D eigenvalue weighted by atomic mass is 16.5. The van der Waals surface area contributed by atoms with Gasteiger partial charge in [0, 0.05) is 13.3 Å². The number of nitrogens with one attached hydrogen (secondary N) is 1. The van der Waals surface area contributed by atoms with Gasteiger partial charge in [-0.2, -0.15) is 0 Å². The number of amides is 1. The zero-order valence-electron chi connectivity index (χ0n) is 16.5. The van der Waals surface area contributed by atoms with Gasteiger partial charge in [-0.1, -0.05) is 60.7 Å². The summed E-state index contributed by atoms with van der Waals surface area (Å²) in [4.78, 5) is 12.9. The minimum atomic E-state index is -0.338. The maximum Gasteiger partial charge on any atom is 0.225 e. The Balaban J connectivity index is 1.53. The first-order chi connectivity index (χ1) is 14.7. The van der Waals surface area contributed by atoms with Crippen molar-refractivity contribution in [2.45, 2.75) is 19.3 Å². The molecule has 1 aromatic heterocycles. The van der Waals surface area contributed by atoms with Gasteiger partial charge < -0.3 is 14.5 Å². The number of carbonyl (C=O) groups is 1. The third-order valence-electron chi connectivity index (χ3n) is 4.56. The van der Waals surface area contributed by atoms with Crippen molar-refractivity contribution in [1.82, 2.24) is 10.2 Å². The van der Waals surface area contributed by atoms with Crippen molar-refractivity contribution in [3.8, 4) is 11.5 Å². The van der Waals surface area contributed by atoms with Crippen LogP contribution in [-0.2, 0) is 4.79 Å². The predicted octanol–water partition coefficient (Wildman–Crippen LogP) is 5.33. The number of ether oxygens (including phenoxy) is 1. The topological polar surface area (TPSA) is 77.2 Å². The monoisotopic (exact) mass is 399 g/mol. The lowest BCUT2D eigenvalue weighted by Crippen LogP contribution is -2.17. The zero-order chi connectivity index (χ0) is 20.8. The van der Waals surface area contributed by atoms with Gasteiger partial charge >= 0.3 is 0 Å². The third kappa shape index (κ3) is 4.72. The molecule has 30 heavy (non-hydrogen) atoms. The minimum Gasteiger partial charge on any atom is -0.455 e. The summed E-state index contributed by atoms with van der Waals surface area (Å²) in [6, 6.07) is 26.5. The normalized spacial score (nSPS) is 11.6. The van der Waals surface area contributed by atoms with E-state index in [0.29, 0.717) is 29.0 Å². The molecule has 0 bridgehead atoms. The maximum absolute atomic E-state index is 12.9. The van der Waals surface area contributed by atoms with E-state index >= 15 is 0 Å². The molecule has 0 saturated carbocycles. The lowest BCUT2D eigenvalue weighted by Gasteiger charge is -2.15. The second-order valence-electron chi connectivity index (χ2n) is 6.79. The fourth-order valence-electron chi connectivity index (χ4n) is 3.15. The summed E-state index contributed by atoms with van der Waals surface area (Å²) >= 11 is 0. The van der Waals surface area contributed by atoms with Crippen LogP contribution in [0.2, 0.25) is 0 Å². The Morgan fingerprint density at radius 1 is 0.933 bits per heavy atom. The molecule has 1 heterocycles. The molecule has 6 nitrogen and oxygen atoms in total. The van der Waals surface area contributed by atoms with Crippen LogP contribution in [0, 0.1) is 6.92 Å². The summed E-state index contributed by atoms with van der Waals surface area (Å²) in [6.07, 6.45) is 0.158. The molecular formula is C24H21N3O3. The summed E-state index contributed by atoms with van der Waals surface area (Å²) in [5.74, 6) is 1.64. The molecule has 1 N–H and O–H groups in total. The van der Waals surface area contributed by atoms with Crippen LogP contribution in [0.25, 0.3) is 0 Å². The van der Waals surface area contributed by atoms with Gasteiger partial charge in [-0.25, -0.2) is 0 Å². The molecule has 0 radical (unpaired) electrons.